The van der Waals surface area contributed by atoms with Gasteiger partial charge in [0.05, 0.1) is 0 Å². The van der Waals surface area contributed by atoms with Crippen molar-refractivity contribution >= 4 is 5.91 Å². The minimum Gasteiger partial charge on any atom is -0.340 e. The molecule has 1 aromatic rings. The lowest BCUT2D eigenvalue weighted by Gasteiger charge is -2.34. The Bertz CT molecular complexity index is 449. The van der Waals surface area contributed by atoms with Gasteiger partial charge in [0, 0.05) is 19.0 Å². The fraction of sp³-hybridized carbons (Fsp3) is 0.632. The van der Waals surface area contributed by atoms with Crippen LogP contribution in [0.4, 0.5) is 0 Å². The van der Waals surface area contributed by atoms with Gasteiger partial charge in [0.15, 0.2) is 0 Å². The standard InChI is InChI=1S/C19H30N2O/c1-3-15-21(18-11-13-20-14-12-18)19(22)10-9-17-7-5-16(4-2)6-8-17/h5-8,18,20H,3-4,9-15H2,1-2H3. The van der Waals surface area contributed by atoms with Crippen molar-refractivity contribution in [3.63, 3.8) is 0 Å². The van der Waals surface area contributed by atoms with Crippen LogP contribution in [0.15, 0.2) is 24.3 Å². The van der Waals surface area contributed by atoms with E-state index < -0.39 is 0 Å². The Labute approximate surface area is 135 Å². The van der Waals surface area contributed by atoms with E-state index in [1.807, 2.05) is 0 Å². The zero-order valence-corrected chi connectivity index (χ0v) is 14.1. The number of nitrogens with zero attached hydrogens (tertiary/aromatic N) is 1. The largest absolute Gasteiger partial charge is 0.340 e. The summed E-state index contributed by atoms with van der Waals surface area (Å²) in [5.74, 6) is 0.327. The highest BCUT2D eigenvalue weighted by molar-refractivity contribution is 5.76. The molecule has 0 unspecified atom stereocenters. The molecule has 1 heterocycles. The van der Waals surface area contributed by atoms with Crippen LogP contribution in [0.2, 0.25) is 0 Å². The summed E-state index contributed by atoms with van der Waals surface area (Å²) in [6.07, 6.45) is 5.79. The van der Waals surface area contributed by atoms with Gasteiger partial charge in [-0.2, -0.15) is 0 Å². The zero-order valence-electron chi connectivity index (χ0n) is 14.1. The molecule has 3 heteroatoms. The van der Waals surface area contributed by atoms with Gasteiger partial charge in [-0.05, 0) is 56.3 Å². The van der Waals surface area contributed by atoms with Crippen molar-refractivity contribution in [2.45, 2.75) is 58.4 Å². The van der Waals surface area contributed by atoms with Crippen molar-refractivity contribution < 1.29 is 4.79 Å². The zero-order chi connectivity index (χ0) is 15.8. The Morgan fingerprint density at radius 3 is 2.36 bits per heavy atom. The van der Waals surface area contributed by atoms with Gasteiger partial charge in [-0.1, -0.05) is 38.1 Å². The van der Waals surface area contributed by atoms with E-state index in [0.717, 1.165) is 51.7 Å². The topological polar surface area (TPSA) is 32.3 Å². The summed E-state index contributed by atoms with van der Waals surface area (Å²) in [7, 11) is 0. The lowest BCUT2D eigenvalue weighted by Crippen LogP contribution is -2.46. The van der Waals surface area contributed by atoms with Crippen molar-refractivity contribution in [1.29, 1.82) is 0 Å². The molecule has 22 heavy (non-hydrogen) atoms. The molecule has 1 aliphatic heterocycles. The molecule has 2 rings (SSSR count). The van der Waals surface area contributed by atoms with Gasteiger partial charge in [0.25, 0.3) is 0 Å². The summed E-state index contributed by atoms with van der Waals surface area (Å²) in [4.78, 5) is 14.8. The monoisotopic (exact) mass is 302 g/mol. The summed E-state index contributed by atoms with van der Waals surface area (Å²) in [6.45, 7) is 7.30. The minimum absolute atomic E-state index is 0.327. The average Bonchev–Trinajstić information content (AvgIpc) is 2.58. The van der Waals surface area contributed by atoms with Gasteiger partial charge in [0.1, 0.15) is 0 Å². The highest BCUT2D eigenvalue weighted by Gasteiger charge is 2.24. The van der Waals surface area contributed by atoms with E-state index in [2.05, 4.69) is 48.3 Å². The van der Waals surface area contributed by atoms with Crippen molar-refractivity contribution in [3.8, 4) is 0 Å². The Morgan fingerprint density at radius 2 is 1.77 bits per heavy atom. The molecule has 1 saturated heterocycles. The van der Waals surface area contributed by atoms with Crippen LogP contribution in [0, 0.1) is 0 Å². The van der Waals surface area contributed by atoms with Gasteiger partial charge in [-0.15, -0.1) is 0 Å². The molecule has 0 aromatic heterocycles. The van der Waals surface area contributed by atoms with E-state index >= 15 is 0 Å². The first-order chi connectivity index (χ1) is 10.7. The smallest absolute Gasteiger partial charge is 0.223 e. The van der Waals surface area contributed by atoms with Gasteiger partial charge >= 0.3 is 0 Å². The SMILES string of the molecule is CCCN(C(=O)CCc1ccc(CC)cc1)C1CCNCC1. The van der Waals surface area contributed by atoms with E-state index in [1.54, 1.807) is 0 Å². The van der Waals surface area contributed by atoms with Crippen LogP contribution in [0.25, 0.3) is 0 Å². The maximum atomic E-state index is 12.6. The summed E-state index contributed by atoms with van der Waals surface area (Å²) in [5, 5.41) is 3.38. The first kappa shape index (κ1) is 17.0. The molecular weight excluding hydrogens is 272 g/mol. The fourth-order valence-electron chi connectivity index (χ4n) is 3.21. The second kappa shape index (κ2) is 8.94. The third-order valence-electron chi connectivity index (χ3n) is 4.59. The number of nitrogens with one attached hydrogen (secondary N) is 1. The Kier molecular flexibility index (Phi) is 6.91. The predicted molar refractivity (Wildman–Crippen MR) is 92.0 cm³/mol. The van der Waals surface area contributed by atoms with Crippen LogP contribution < -0.4 is 5.32 Å². The van der Waals surface area contributed by atoms with Crippen molar-refractivity contribution in [3.05, 3.63) is 35.4 Å². The molecule has 0 atom stereocenters. The number of aryl methyl sites for hydroxylation is 2. The second-order valence-corrected chi connectivity index (χ2v) is 6.24. The number of piperidine rings is 1. The normalized spacial score (nSPS) is 15.7. The van der Waals surface area contributed by atoms with E-state index in [0.29, 0.717) is 18.4 Å². The maximum Gasteiger partial charge on any atom is 0.223 e. The van der Waals surface area contributed by atoms with E-state index in [1.165, 1.54) is 11.1 Å². The van der Waals surface area contributed by atoms with Gasteiger partial charge in [-0.25, -0.2) is 0 Å². The van der Waals surface area contributed by atoms with Crippen LogP contribution in [-0.2, 0) is 17.6 Å². The number of amides is 1. The maximum absolute atomic E-state index is 12.6. The van der Waals surface area contributed by atoms with Crippen molar-refractivity contribution in [1.82, 2.24) is 10.2 Å². The summed E-state index contributed by atoms with van der Waals surface area (Å²) >= 11 is 0. The molecule has 1 aromatic carbocycles. The summed E-state index contributed by atoms with van der Waals surface area (Å²) in [5.41, 5.74) is 2.63. The summed E-state index contributed by atoms with van der Waals surface area (Å²) in [6, 6.07) is 9.13. The average molecular weight is 302 g/mol. The van der Waals surface area contributed by atoms with Gasteiger partial charge in [-0.3, -0.25) is 4.79 Å². The van der Waals surface area contributed by atoms with Gasteiger partial charge in [0.2, 0.25) is 5.91 Å². The molecule has 3 nitrogen and oxygen atoms in total. The molecule has 1 N–H and O–H groups in total. The molecule has 0 radical (unpaired) electrons. The van der Waals surface area contributed by atoms with Crippen LogP contribution >= 0.6 is 0 Å². The van der Waals surface area contributed by atoms with Gasteiger partial charge < -0.3 is 10.2 Å². The Balaban J connectivity index is 1.89. The molecule has 1 amide bonds. The highest BCUT2D eigenvalue weighted by atomic mass is 16.2. The first-order valence-electron chi connectivity index (χ1n) is 8.82. The van der Waals surface area contributed by atoms with Crippen molar-refractivity contribution in [2.75, 3.05) is 19.6 Å². The molecule has 1 fully saturated rings. The first-order valence-corrected chi connectivity index (χ1v) is 8.82. The van der Waals surface area contributed by atoms with E-state index in [4.69, 9.17) is 0 Å². The lowest BCUT2D eigenvalue weighted by atomic mass is 10.0. The Morgan fingerprint density at radius 1 is 1.14 bits per heavy atom. The Hall–Kier alpha value is -1.35. The quantitative estimate of drug-likeness (QED) is 0.839. The summed E-state index contributed by atoms with van der Waals surface area (Å²) < 4.78 is 0. The van der Waals surface area contributed by atoms with Crippen LogP contribution in [0.5, 0.6) is 0 Å². The molecule has 0 spiro atoms. The number of hydrogen-bond acceptors (Lipinski definition) is 2. The number of benzene rings is 1. The number of rotatable bonds is 7. The third-order valence-corrected chi connectivity index (χ3v) is 4.59. The van der Waals surface area contributed by atoms with E-state index in [-0.39, 0.29) is 0 Å². The molecule has 1 aliphatic rings. The number of hydrogen-bond donors (Lipinski definition) is 1. The molecular formula is C19H30N2O. The van der Waals surface area contributed by atoms with Crippen LogP contribution in [0.1, 0.15) is 50.7 Å². The number of carbonyl (C=O) groups is 1. The fourth-order valence-corrected chi connectivity index (χ4v) is 3.21. The molecule has 0 saturated carbocycles. The molecule has 122 valence electrons. The highest BCUT2D eigenvalue weighted by Crippen LogP contribution is 2.15. The predicted octanol–water partition coefficient (Wildman–Crippen LogP) is 3.17. The third kappa shape index (κ3) is 4.84. The van der Waals surface area contributed by atoms with Crippen LogP contribution in [0.3, 0.4) is 0 Å². The van der Waals surface area contributed by atoms with Crippen molar-refractivity contribution in [2.24, 2.45) is 0 Å². The molecule has 0 aliphatic carbocycles. The van der Waals surface area contributed by atoms with Crippen LogP contribution in [-0.4, -0.2) is 36.5 Å². The van der Waals surface area contributed by atoms with E-state index in [9.17, 15) is 4.79 Å². The number of carbonyl (C=O) groups excluding carboxylic acids is 1. The minimum atomic E-state index is 0.327. The molecule has 0 bridgehead atoms. The second-order valence-electron chi connectivity index (χ2n) is 6.24. The lowest BCUT2D eigenvalue weighted by molar-refractivity contribution is -0.134.